The minimum Gasteiger partial charge on any atom is -0.478 e. The molecule has 1 aliphatic rings. The predicted octanol–water partition coefficient (Wildman–Crippen LogP) is 3.55. The number of alkyl halides is 3. The van der Waals surface area contributed by atoms with Gasteiger partial charge < -0.3 is 4.74 Å². The molecule has 1 amide bonds. The molecule has 0 fully saturated rings. The molecule has 1 N–H and O–H groups in total. The highest BCUT2D eigenvalue weighted by molar-refractivity contribution is 7.22. The maximum absolute atomic E-state index is 13.0. The maximum Gasteiger partial charge on any atom is 0.418 e. The molecule has 0 radical (unpaired) electrons. The number of rotatable bonds is 2. The van der Waals surface area contributed by atoms with Gasteiger partial charge in [0.05, 0.1) is 22.4 Å². The monoisotopic (exact) mass is 368 g/mol. The Morgan fingerprint density at radius 3 is 2.96 bits per heavy atom. The highest BCUT2D eigenvalue weighted by Crippen LogP contribution is 2.37. The van der Waals surface area contributed by atoms with Crippen LogP contribution >= 0.6 is 11.3 Å². The first kappa shape index (κ1) is 15.9. The molecule has 25 heavy (non-hydrogen) atoms. The van der Waals surface area contributed by atoms with Gasteiger partial charge in [-0.3, -0.25) is 10.1 Å². The number of thiazole rings is 1. The fraction of sp³-hybridized carbons (Fsp3) is 0.267. The van der Waals surface area contributed by atoms with Crippen molar-refractivity contribution in [1.82, 2.24) is 14.8 Å². The fourth-order valence-electron chi connectivity index (χ4n) is 2.57. The third-order valence-corrected chi connectivity index (χ3v) is 4.62. The van der Waals surface area contributed by atoms with Crippen molar-refractivity contribution < 1.29 is 22.7 Å². The summed E-state index contributed by atoms with van der Waals surface area (Å²) in [5.41, 5.74) is -0.873. The van der Waals surface area contributed by atoms with Crippen LogP contribution in [0.15, 0.2) is 24.3 Å². The van der Waals surface area contributed by atoms with Gasteiger partial charge in [0, 0.05) is 19.0 Å². The van der Waals surface area contributed by atoms with E-state index in [-0.39, 0.29) is 16.3 Å². The lowest BCUT2D eigenvalue weighted by molar-refractivity contribution is -0.136. The summed E-state index contributed by atoms with van der Waals surface area (Å²) in [6.45, 7) is 1.21. The Balaban J connectivity index is 1.62. The molecule has 4 rings (SSSR count). The number of halogens is 3. The molecule has 0 saturated carbocycles. The lowest BCUT2D eigenvalue weighted by atomic mass is 10.2. The van der Waals surface area contributed by atoms with Crippen molar-refractivity contribution in [3.05, 3.63) is 35.5 Å². The number of nitrogens with zero attached hydrogens (tertiary/aromatic N) is 3. The second-order valence-corrected chi connectivity index (χ2v) is 6.45. The van der Waals surface area contributed by atoms with Gasteiger partial charge in [-0.05, 0) is 12.1 Å². The van der Waals surface area contributed by atoms with Gasteiger partial charge in [0.2, 0.25) is 5.88 Å². The highest BCUT2D eigenvalue weighted by atomic mass is 32.1. The molecule has 3 heterocycles. The van der Waals surface area contributed by atoms with E-state index < -0.39 is 17.6 Å². The summed E-state index contributed by atoms with van der Waals surface area (Å²) in [6.07, 6.45) is -3.71. The van der Waals surface area contributed by atoms with Gasteiger partial charge in [0.25, 0.3) is 5.91 Å². The van der Waals surface area contributed by atoms with E-state index in [0.717, 1.165) is 23.8 Å². The zero-order chi connectivity index (χ0) is 17.6. The van der Waals surface area contributed by atoms with E-state index in [1.165, 1.54) is 18.2 Å². The summed E-state index contributed by atoms with van der Waals surface area (Å²) in [4.78, 5) is 16.2. The number of hydrogen-bond acceptors (Lipinski definition) is 5. The molecular formula is C15H11F3N4O2S. The van der Waals surface area contributed by atoms with Crippen molar-refractivity contribution in [1.29, 1.82) is 0 Å². The van der Waals surface area contributed by atoms with E-state index in [0.29, 0.717) is 23.7 Å². The van der Waals surface area contributed by atoms with Crippen LogP contribution < -0.4 is 10.1 Å². The first-order valence-corrected chi connectivity index (χ1v) is 8.22. The molecule has 130 valence electrons. The Kier molecular flexibility index (Phi) is 3.64. The van der Waals surface area contributed by atoms with Crippen LogP contribution in [0.1, 0.15) is 22.5 Å². The zero-order valence-electron chi connectivity index (χ0n) is 12.6. The van der Waals surface area contributed by atoms with Gasteiger partial charge in [-0.2, -0.15) is 18.3 Å². The number of aryl methyl sites for hydroxylation is 1. The number of carbonyl (C=O) groups excluding carboxylic acids is 1. The average molecular weight is 368 g/mol. The van der Waals surface area contributed by atoms with E-state index in [9.17, 15) is 18.0 Å². The van der Waals surface area contributed by atoms with Gasteiger partial charge in [0.15, 0.2) is 10.8 Å². The number of para-hydroxylation sites is 1. The van der Waals surface area contributed by atoms with Crippen LogP contribution in [-0.4, -0.2) is 27.3 Å². The smallest absolute Gasteiger partial charge is 0.418 e. The van der Waals surface area contributed by atoms with Crippen LogP contribution in [0.3, 0.4) is 0 Å². The van der Waals surface area contributed by atoms with E-state index >= 15 is 0 Å². The third kappa shape index (κ3) is 2.93. The molecule has 6 nitrogen and oxygen atoms in total. The molecule has 10 heteroatoms. The van der Waals surface area contributed by atoms with Crippen LogP contribution in [0.5, 0.6) is 5.88 Å². The summed E-state index contributed by atoms with van der Waals surface area (Å²) < 4.78 is 46.4. The minimum absolute atomic E-state index is 0.0867. The molecule has 0 saturated heterocycles. The summed E-state index contributed by atoms with van der Waals surface area (Å²) >= 11 is 0.977. The van der Waals surface area contributed by atoms with Gasteiger partial charge in [-0.15, -0.1) is 0 Å². The Labute approximate surface area is 143 Å². The number of ether oxygens (including phenoxy) is 1. The summed E-state index contributed by atoms with van der Waals surface area (Å²) in [7, 11) is 0. The second kappa shape index (κ2) is 5.73. The van der Waals surface area contributed by atoms with Crippen LogP contribution in [0, 0.1) is 0 Å². The molecule has 0 atom stereocenters. The summed E-state index contributed by atoms with van der Waals surface area (Å²) in [6, 6.07) is 5.31. The van der Waals surface area contributed by atoms with Crippen LogP contribution in [0.2, 0.25) is 0 Å². The van der Waals surface area contributed by atoms with Gasteiger partial charge in [0.1, 0.15) is 0 Å². The predicted molar refractivity (Wildman–Crippen MR) is 84.9 cm³/mol. The first-order chi connectivity index (χ1) is 11.9. The van der Waals surface area contributed by atoms with Crippen LogP contribution in [0.25, 0.3) is 10.2 Å². The molecular weight excluding hydrogens is 357 g/mol. The number of nitrogens with one attached hydrogen (secondary N) is 1. The number of anilines is 1. The minimum atomic E-state index is -4.50. The molecule has 1 aromatic carbocycles. The standard InChI is InChI=1S/C15H11F3N4O2S/c16-15(17,18)8-3-1-4-10-12(8)19-14(25-10)20-13(23)9-7-11-22(21-9)5-2-6-24-11/h1,3-4,7H,2,5-6H2,(H,19,20,23). The maximum atomic E-state index is 13.0. The lowest BCUT2D eigenvalue weighted by Gasteiger charge is -2.13. The number of benzene rings is 1. The third-order valence-electron chi connectivity index (χ3n) is 3.68. The Bertz CT molecular complexity index is 940. The van der Waals surface area contributed by atoms with Gasteiger partial charge >= 0.3 is 6.18 Å². The topological polar surface area (TPSA) is 69.0 Å². The van der Waals surface area contributed by atoms with E-state index in [1.54, 1.807) is 4.68 Å². The fourth-order valence-corrected chi connectivity index (χ4v) is 3.46. The highest BCUT2D eigenvalue weighted by Gasteiger charge is 2.33. The van der Waals surface area contributed by atoms with Crippen molar-refractivity contribution >= 4 is 32.6 Å². The van der Waals surface area contributed by atoms with Gasteiger partial charge in [-0.1, -0.05) is 17.4 Å². The quantitative estimate of drug-likeness (QED) is 0.751. The summed E-state index contributed by atoms with van der Waals surface area (Å²) in [5.74, 6) is -0.0434. The Hall–Kier alpha value is -2.62. The lowest BCUT2D eigenvalue weighted by Crippen LogP contribution is -2.16. The van der Waals surface area contributed by atoms with Gasteiger partial charge in [-0.25, -0.2) is 9.67 Å². The van der Waals surface area contributed by atoms with E-state index in [1.807, 2.05) is 0 Å². The summed E-state index contributed by atoms with van der Waals surface area (Å²) in [5, 5.41) is 6.73. The average Bonchev–Trinajstić information content (AvgIpc) is 3.16. The zero-order valence-corrected chi connectivity index (χ0v) is 13.4. The van der Waals surface area contributed by atoms with Crippen molar-refractivity contribution in [2.45, 2.75) is 19.1 Å². The Morgan fingerprint density at radius 1 is 1.36 bits per heavy atom. The molecule has 3 aromatic rings. The normalized spacial score (nSPS) is 14.2. The molecule has 2 aromatic heterocycles. The number of amides is 1. The number of fused-ring (bicyclic) bond motifs is 2. The van der Waals surface area contributed by atoms with Crippen molar-refractivity contribution in [2.24, 2.45) is 0 Å². The van der Waals surface area contributed by atoms with Crippen LogP contribution in [-0.2, 0) is 12.7 Å². The SMILES string of the molecule is O=C(Nc1nc2c(C(F)(F)F)cccc2s1)c1cc2n(n1)CCCO2. The molecule has 0 aliphatic carbocycles. The molecule has 0 unspecified atom stereocenters. The van der Waals surface area contributed by atoms with E-state index in [4.69, 9.17) is 4.74 Å². The Morgan fingerprint density at radius 2 is 2.20 bits per heavy atom. The van der Waals surface area contributed by atoms with E-state index in [2.05, 4.69) is 15.4 Å². The van der Waals surface area contributed by atoms with Crippen molar-refractivity contribution in [3.8, 4) is 5.88 Å². The number of carbonyl (C=O) groups is 1. The van der Waals surface area contributed by atoms with Crippen LogP contribution in [0.4, 0.5) is 18.3 Å². The van der Waals surface area contributed by atoms with Crippen molar-refractivity contribution in [2.75, 3.05) is 11.9 Å². The second-order valence-electron chi connectivity index (χ2n) is 5.42. The molecule has 1 aliphatic heterocycles. The molecule has 0 spiro atoms. The number of hydrogen-bond donors (Lipinski definition) is 1. The first-order valence-electron chi connectivity index (χ1n) is 7.40. The molecule has 0 bridgehead atoms. The number of aromatic nitrogens is 3. The largest absolute Gasteiger partial charge is 0.478 e. The van der Waals surface area contributed by atoms with Crippen molar-refractivity contribution in [3.63, 3.8) is 0 Å².